The molecule has 1 aliphatic carbocycles. The van der Waals surface area contributed by atoms with E-state index in [1.54, 1.807) is 9.47 Å². The Morgan fingerprint density at radius 3 is 2.69 bits per heavy atom. The van der Waals surface area contributed by atoms with Crippen molar-refractivity contribution in [2.45, 2.75) is 50.3 Å². The number of piperazine rings is 1. The lowest BCUT2D eigenvalue weighted by atomic mass is 9.91. The quantitative estimate of drug-likeness (QED) is 0.580. The Morgan fingerprint density at radius 2 is 1.89 bits per heavy atom. The van der Waals surface area contributed by atoms with Crippen LogP contribution in [0.2, 0.25) is 0 Å². The Labute approximate surface area is 203 Å². The van der Waals surface area contributed by atoms with E-state index in [0.29, 0.717) is 38.9 Å². The molecule has 1 aliphatic heterocycles. The fourth-order valence-electron chi connectivity index (χ4n) is 5.37. The Hall–Kier alpha value is -3.10. The Balaban J connectivity index is 1.55. The maximum absolute atomic E-state index is 15.0. The molecule has 3 aromatic rings. The van der Waals surface area contributed by atoms with Gasteiger partial charge in [0.15, 0.2) is 17.3 Å². The van der Waals surface area contributed by atoms with Crippen molar-refractivity contribution in [2.24, 2.45) is 0 Å². The van der Waals surface area contributed by atoms with E-state index in [9.17, 15) is 14.3 Å². The average Bonchev–Trinajstić information content (AvgIpc) is 3.31. The molecular formula is C27H30F2N4O2. The SMILES string of the molecule is O=C(c1ncn([C@H]2CCCC[C@@H]2O)c1-c1cccc(F)c1F)N1CCNC[C@H]1Cc1ccccc1. The van der Waals surface area contributed by atoms with Crippen LogP contribution < -0.4 is 5.32 Å². The molecule has 35 heavy (non-hydrogen) atoms. The van der Waals surface area contributed by atoms with Crippen LogP contribution in [-0.4, -0.2) is 57.2 Å². The van der Waals surface area contributed by atoms with Gasteiger partial charge >= 0.3 is 0 Å². The van der Waals surface area contributed by atoms with E-state index in [-0.39, 0.29) is 34.9 Å². The Bertz CT molecular complexity index is 1180. The summed E-state index contributed by atoms with van der Waals surface area (Å²) in [5, 5.41) is 14.1. The van der Waals surface area contributed by atoms with Gasteiger partial charge in [-0.15, -0.1) is 0 Å². The molecule has 6 nitrogen and oxygen atoms in total. The van der Waals surface area contributed by atoms with Crippen molar-refractivity contribution in [1.82, 2.24) is 19.8 Å². The van der Waals surface area contributed by atoms with Crippen molar-refractivity contribution in [3.05, 3.63) is 77.8 Å². The summed E-state index contributed by atoms with van der Waals surface area (Å²) in [6.07, 6.45) is 4.65. The van der Waals surface area contributed by atoms with Gasteiger partial charge in [-0.05, 0) is 37.0 Å². The Kier molecular flexibility index (Phi) is 6.92. The second kappa shape index (κ2) is 10.3. The fourth-order valence-corrected chi connectivity index (χ4v) is 5.37. The van der Waals surface area contributed by atoms with E-state index in [2.05, 4.69) is 10.3 Å². The number of benzene rings is 2. The number of aromatic nitrogens is 2. The molecule has 5 rings (SSSR count). The molecule has 2 heterocycles. The summed E-state index contributed by atoms with van der Waals surface area (Å²) in [5.41, 5.74) is 1.42. The molecule has 2 N–H and O–H groups in total. The number of amides is 1. The molecule has 2 fully saturated rings. The predicted molar refractivity (Wildman–Crippen MR) is 129 cm³/mol. The summed E-state index contributed by atoms with van der Waals surface area (Å²) in [4.78, 5) is 20.1. The topological polar surface area (TPSA) is 70.4 Å². The first-order valence-electron chi connectivity index (χ1n) is 12.3. The van der Waals surface area contributed by atoms with Gasteiger partial charge in [-0.25, -0.2) is 13.8 Å². The number of nitrogens with zero attached hydrogens (tertiary/aromatic N) is 3. The lowest BCUT2D eigenvalue weighted by Gasteiger charge is -2.36. The summed E-state index contributed by atoms with van der Waals surface area (Å²) in [6, 6.07) is 13.5. The molecule has 1 amide bonds. The molecule has 3 atom stereocenters. The molecule has 184 valence electrons. The third-order valence-electron chi connectivity index (χ3n) is 7.18. The Morgan fingerprint density at radius 1 is 1.09 bits per heavy atom. The van der Waals surface area contributed by atoms with Gasteiger partial charge in [-0.3, -0.25) is 4.79 Å². The number of carbonyl (C=O) groups excluding carboxylic acids is 1. The molecule has 1 aromatic heterocycles. The van der Waals surface area contributed by atoms with Crippen LogP contribution in [0.15, 0.2) is 54.9 Å². The number of carbonyl (C=O) groups is 1. The van der Waals surface area contributed by atoms with Crippen molar-refractivity contribution in [2.75, 3.05) is 19.6 Å². The maximum atomic E-state index is 15.0. The second-order valence-corrected chi connectivity index (χ2v) is 9.42. The molecule has 0 bridgehead atoms. The van der Waals surface area contributed by atoms with E-state index in [0.717, 1.165) is 24.5 Å². The minimum atomic E-state index is -1.02. The summed E-state index contributed by atoms with van der Waals surface area (Å²) in [5.74, 6) is -2.31. The average molecular weight is 481 g/mol. The first kappa shape index (κ1) is 23.6. The third kappa shape index (κ3) is 4.73. The van der Waals surface area contributed by atoms with Crippen molar-refractivity contribution < 1.29 is 18.7 Å². The molecule has 8 heteroatoms. The lowest BCUT2D eigenvalue weighted by molar-refractivity contribution is 0.0629. The third-order valence-corrected chi connectivity index (χ3v) is 7.18. The van der Waals surface area contributed by atoms with Crippen LogP contribution in [0.1, 0.15) is 47.8 Å². The van der Waals surface area contributed by atoms with E-state index in [1.807, 2.05) is 30.3 Å². The van der Waals surface area contributed by atoms with E-state index < -0.39 is 17.7 Å². The maximum Gasteiger partial charge on any atom is 0.275 e. The van der Waals surface area contributed by atoms with Crippen LogP contribution in [-0.2, 0) is 6.42 Å². The molecular weight excluding hydrogens is 450 g/mol. The smallest absolute Gasteiger partial charge is 0.275 e. The van der Waals surface area contributed by atoms with E-state index in [4.69, 9.17) is 0 Å². The van der Waals surface area contributed by atoms with Gasteiger partial charge in [0.2, 0.25) is 0 Å². The number of halogens is 2. The number of imidazole rings is 1. The summed E-state index contributed by atoms with van der Waals surface area (Å²) < 4.78 is 31.0. The predicted octanol–water partition coefficient (Wildman–Crippen LogP) is 3.96. The monoisotopic (exact) mass is 480 g/mol. The minimum Gasteiger partial charge on any atom is -0.391 e. The van der Waals surface area contributed by atoms with Crippen molar-refractivity contribution in [1.29, 1.82) is 0 Å². The van der Waals surface area contributed by atoms with Crippen molar-refractivity contribution in [3.63, 3.8) is 0 Å². The van der Waals surface area contributed by atoms with Crippen LogP contribution in [0.4, 0.5) is 8.78 Å². The van der Waals surface area contributed by atoms with Crippen LogP contribution in [0.25, 0.3) is 11.3 Å². The van der Waals surface area contributed by atoms with Crippen LogP contribution in [0, 0.1) is 11.6 Å². The highest BCUT2D eigenvalue weighted by atomic mass is 19.2. The largest absolute Gasteiger partial charge is 0.391 e. The first-order chi connectivity index (χ1) is 17.0. The zero-order valence-electron chi connectivity index (χ0n) is 19.5. The normalized spacial score (nSPS) is 22.8. The highest BCUT2D eigenvalue weighted by Crippen LogP contribution is 2.36. The van der Waals surface area contributed by atoms with Gasteiger partial charge < -0.3 is 19.9 Å². The number of aliphatic hydroxyl groups excluding tert-OH is 1. The minimum absolute atomic E-state index is 0.0154. The van der Waals surface area contributed by atoms with Crippen LogP contribution in [0.3, 0.4) is 0 Å². The lowest BCUT2D eigenvalue weighted by Crippen LogP contribution is -2.54. The number of aliphatic hydroxyl groups is 1. The van der Waals surface area contributed by atoms with Gasteiger partial charge in [0.1, 0.15) is 0 Å². The number of hydrogen-bond acceptors (Lipinski definition) is 4. The van der Waals surface area contributed by atoms with Gasteiger partial charge in [0.05, 0.1) is 24.2 Å². The highest BCUT2D eigenvalue weighted by Gasteiger charge is 2.35. The summed E-state index contributed by atoms with van der Waals surface area (Å²) >= 11 is 0. The molecule has 0 radical (unpaired) electrons. The van der Waals surface area contributed by atoms with Crippen LogP contribution in [0.5, 0.6) is 0 Å². The van der Waals surface area contributed by atoms with Crippen molar-refractivity contribution >= 4 is 5.91 Å². The molecule has 0 spiro atoms. The molecule has 2 aromatic carbocycles. The molecule has 1 saturated carbocycles. The summed E-state index contributed by atoms with van der Waals surface area (Å²) in [6.45, 7) is 1.76. The summed E-state index contributed by atoms with van der Waals surface area (Å²) in [7, 11) is 0. The van der Waals surface area contributed by atoms with Gasteiger partial charge in [-0.2, -0.15) is 0 Å². The molecule has 0 unspecified atom stereocenters. The molecule has 1 saturated heterocycles. The molecule has 2 aliphatic rings. The van der Waals surface area contributed by atoms with Crippen LogP contribution >= 0.6 is 0 Å². The number of rotatable bonds is 5. The number of hydrogen-bond donors (Lipinski definition) is 2. The van der Waals surface area contributed by atoms with E-state index >= 15 is 4.39 Å². The van der Waals surface area contributed by atoms with Gasteiger partial charge in [0.25, 0.3) is 5.91 Å². The van der Waals surface area contributed by atoms with E-state index in [1.165, 1.54) is 18.5 Å². The zero-order valence-corrected chi connectivity index (χ0v) is 19.5. The van der Waals surface area contributed by atoms with Gasteiger partial charge in [0, 0.05) is 31.2 Å². The standard InChI is InChI=1S/C27H30F2N4O2/c28-21-10-6-9-20(24(21)29)26-25(31-17-33(26)22-11-4-5-12-23(22)34)27(35)32-14-13-30-16-19(32)15-18-7-2-1-3-8-18/h1-3,6-10,17,19,22-23,30,34H,4-5,11-16H2/t19-,22+,23+/m1/s1. The fraction of sp³-hybridized carbons (Fsp3) is 0.407. The highest BCUT2D eigenvalue weighted by molar-refractivity contribution is 5.98. The first-order valence-corrected chi connectivity index (χ1v) is 12.3. The van der Waals surface area contributed by atoms with Gasteiger partial charge in [-0.1, -0.05) is 49.2 Å². The zero-order chi connectivity index (χ0) is 24.4. The van der Waals surface area contributed by atoms with Crippen molar-refractivity contribution in [3.8, 4) is 11.3 Å². The number of nitrogens with one attached hydrogen (secondary N) is 1. The second-order valence-electron chi connectivity index (χ2n) is 9.42.